The predicted molar refractivity (Wildman–Crippen MR) is 160 cm³/mol. The van der Waals surface area contributed by atoms with Crippen LogP contribution in [0.1, 0.15) is 47.8 Å². The van der Waals surface area contributed by atoms with Gasteiger partial charge in [-0.25, -0.2) is 18.4 Å². The fourth-order valence-electron chi connectivity index (χ4n) is 6.63. The third-order valence-corrected chi connectivity index (χ3v) is 9.68. The average Bonchev–Trinajstić information content (AvgIpc) is 3.55. The quantitative estimate of drug-likeness (QED) is 0.305. The second-order valence-corrected chi connectivity index (χ2v) is 13.2. The van der Waals surface area contributed by atoms with Crippen molar-refractivity contribution in [3.8, 4) is 28.1 Å². The van der Waals surface area contributed by atoms with Gasteiger partial charge < -0.3 is 15.7 Å². The van der Waals surface area contributed by atoms with E-state index >= 15 is 0 Å². The number of aromatic hydroxyl groups is 1. The van der Waals surface area contributed by atoms with Crippen molar-refractivity contribution in [2.75, 3.05) is 12.0 Å². The molecule has 2 saturated heterocycles. The summed E-state index contributed by atoms with van der Waals surface area (Å²) in [5.74, 6) is -0.725. The van der Waals surface area contributed by atoms with Crippen LogP contribution in [0, 0.1) is 0 Å². The predicted octanol–water partition coefficient (Wildman–Crippen LogP) is 4.10. The molecule has 0 saturated carbocycles. The fraction of sp³-hybridized carbons (Fsp3) is 0.258. The molecule has 2 fully saturated rings. The Morgan fingerprint density at radius 2 is 1.70 bits per heavy atom. The van der Waals surface area contributed by atoms with Crippen LogP contribution in [-0.4, -0.2) is 67.2 Å². The third kappa shape index (κ3) is 4.58. The summed E-state index contributed by atoms with van der Waals surface area (Å²) < 4.78 is 27.6. The van der Waals surface area contributed by atoms with Gasteiger partial charge in [-0.05, 0) is 43.9 Å². The van der Waals surface area contributed by atoms with Gasteiger partial charge in [0.1, 0.15) is 16.5 Å². The van der Waals surface area contributed by atoms with Crippen molar-refractivity contribution < 1.29 is 18.3 Å². The van der Waals surface area contributed by atoms with Crippen LogP contribution >= 0.6 is 0 Å². The first-order valence-electron chi connectivity index (χ1n) is 14.1. The summed E-state index contributed by atoms with van der Waals surface area (Å²) in [6.45, 7) is 0. The number of aromatic nitrogens is 5. The van der Waals surface area contributed by atoms with Crippen LogP contribution < -0.4 is 5.73 Å². The maximum atomic E-state index is 13.4. The summed E-state index contributed by atoms with van der Waals surface area (Å²) in [6.07, 6.45) is 8.54. The number of carbonyl (C=O) groups is 1. The molecule has 0 radical (unpaired) electrons. The number of amides is 1. The number of sulfone groups is 1. The third-order valence-electron chi connectivity index (χ3n) is 8.52. The van der Waals surface area contributed by atoms with Crippen molar-refractivity contribution in [3.63, 3.8) is 0 Å². The Bertz CT molecular complexity index is 1960. The van der Waals surface area contributed by atoms with E-state index in [9.17, 15) is 18.3 Å². The number of anilines is 1. The van der Waals surface area contributed by atoms with Crippen LogP contribution in [0.25, 0.3) is 28.0 Å². The number of fused-ring (bicyclic) bond motifs is 3. The molecule has 0 aliphatic carbocycles. The van der Waals surface area contributed by atoms with E-state index in [1.807, 2.05) is 42.5 Å². The van der Waals surface area contributed by atoms with E-state index in [0.29, 0.717) is 29.7 Å². The van der Waals surface area contributed by atoms with Crippen molar-refractivity contribution in [3.05, 3.63) is 84.6 Å². The Morgan fingerprint density at radius 1 is 0.953 bits per heavy atom. The van der Waals surface area contributed by atoms with E-state index in [-0.39, 0.29) is 46.1 Å². The minimum atomic E-state index is -3.77. The lowest BCUT2D eigenvalue weighted by atomic mass is 9.87. The molecule has 1 aromatic carbocycles. The molecule has 43 heavy (non-hydrogen) atoms. The van der Waals surface area contributed by atoms with Crippen LogP contribution in [0.4, 0.5) is 5.82 Å². The van der Waals surface area contributed by atoms with Crippen molar-refractivity contribution >= 4 is 27.2 Å². The van der Waals surface area contributed by atoms with Gasteiger partial charge in [0.05, 0.1) is 17.6 Å². The number of carbonyl (C=O) groups excluding carboxylic acids is 1. The van der Waals surface area contributed by atoms with Crippen molar-refractivity contribution in [1.82, 2.24) is 29.5 Å². The molecular formula is C31H29N7O4S. The summed E-state index contributed by atoms with van der Waals surface area (Å²) in [5, 5.41) is 14.7. The Labute approximate surface area is 248 Å². The fourth-order valence-corrected chi connectivity index (χ4v) is 7.69. The van der Waals surface area contributed by atoms with Gasteiger partial charge in [0.25, 0.3) is 5.91 Å². The molecule has 5 aromatic rings. The van der Waals surface area contributed by atoms with Crippen LogP contribution in [0.2, 0.25) is 0 Å². The number of hydrogen-bond acceptors (Lipinski definition) is 9. The molecule has 218 valence electrons. The second kappa shape index (κ2) is 10.2. The zero-order chi connectivity index (χ0) is 29.9. The van der Waals surface area contributed by atoms with Gasteiger partial charge in [-0.2, -0.15) is 9.61 Å². The van der Waals surface area contributed by atoms with Gasteiger partial charge in [-0.3, -0.25) is 9.78 Å². The van der Waals surface area contributed by atoms with Gasteiger partial charge in [0, 0.05) is 53.3 Å². The molecule has 1 amide bonds. The number of nitrogens with zero attached hydrogens (tertiary/aromatic N) is 6. The lowest BCUT2D eigenvalue weighted by molar-refractivity contribution is 0.0559. The van der Waals surface area contributed by atoms with Crippen LogP contribution in [0.3, 0.4) is 0 Å². The van der Waals surface area contributed by atoms with Crippen molar-refractivity contribution in [2.45, 2.75) is 48.6 Å². The van der Waals surface area contributed by atoms with E-state index in [1.54, 1.807) is 23.4 Å². The van der Waals surface area contributed by atoms with E-state index in [1.165, 1.54) is 16.8 Å². The average molecular weight is 596 g/mol. The van der Waals surface area contributed by atoms with E-state index in [0.717, 1.165) is 35.9 Å². The van der Waals surface area contributed by atoms with E-state index < -0.39 is 9.84 Å². The molecule has 2 bridgehead atoms. The Hall–Kier alpha value is -4.84. The maximum Gasteiger partial charge on any atom is 0.276 e. The highest BCUT2D eigenvalue weighted by Gasteiger charge is 2.46. The molecule has 4 aromatic heterocycles. The van der Waals surface area contributed by atoms with Gasteiger partial charge in [-0.1, -0.05) is 36.4 Å². The lowest BCUT2D eigenvalue weighted by Gasteiger charge is -2.39. The summed E-state index contributed by atoms with van der Waals surface area (Å²) in [6, 6.07) is 16.4. The number of hydrogen-bond donors (Lipinski definition) is 2. The number of pyridine rings is 2. The van der Waals surface area contributed by atoms with Crippen molar-refractivity contribution in [2.24, 2.45) is 0 Å². The first-order valence-corrected chi connectivity index (χ1v) is 16.0. The molecule has 1 unspecified atom stereocenters. The second-order valence-electron chi connectivity index (χ2n) is 11.2. The molecular weight excluding hydrogens is 566 g/mol. The molecule has 6 heterocycles. The number of benzene rings is 1. The SMILES string of the molecule is CS(=O)(=O)c1c(C2C[C@H]3CC[C@@H](C2)N3C(=O)c2ncccc2O)nc2c(-c3ccc(-c4ccccc4)nc3)cnn2c1N. The van der Waals surface area contributed by atoms with Gasteiger partial charge in [0.15, 0.2) is 21.2 Å². The van der Waals surface area contributed by atoms with Gasteiger partial charge in [0.2, 0.25) is 0 Å². The molecule has 7 rings (SSSR count). The van der Waals surface area contributed by atoms with Crippen LogP contribution in [0.15, 0.2) is 78.1 Å². The normalized spacial score (nSPS) is 20.0. The highest BCUT2D eigenvalue weighted by atomic mass is 32.2. The Morgan fingerprint density at radius 3 is 2.35 bits per heavy atom. The zero-order valence-corrected chi connectivity index (χ0v) is 24.1. The van der Waals surface area contributed by atoms with Crippen LogP contribution in [0.5, 0.6) is 5.75 Å². The number of nitrogen functional groups attached to an aromatic ring is 1. The van der Waals surface area contributed by atoms with E-state index in [2.05, 4.69) is 15.1 Å². The zero-order valence-electron chi connectivity index (χ0n) is 23.3. The molecule has 11 nitrogen and oxygen atoms in total. The van der Waals surface area contributed by atoms with E-state index in [4.69, 9.17) is 10.7 Å². The Balaban J connectivity index is 1.27. The highest BCUT2D eigenvalue weighted by molar-refractivity contribution is 7.91. The topological polar surface area (TPSA) is 157 Å². The summed E-state index contributed by atoms with van der Waals surface area (Å²) in [7, 11) is -3.77. The Kier molecular flexibility index (Phi) is 6.38. The first-order chi connectivity index (χ1) is 20.7. The van der Waals surface area contributed by atoms with Crippen molar-refractivity contribution in [1.29, 1.82) is 0 Å². The van der Waals surface area contributed by atoms with Gasteiger partial charge >= 0.3 is 0 Å². The highest BCUT2D eigenvalue weighted by Crippen LogP contribution is 2.46. The number of nitrogens with two attached hydrogens (primary N) is 1. The van der Waals surface area contributed by atoms with Gasteiger partial charge in [-0.15, -0.1) is 0 Å². The molecule has 3 N–H and O–H groups in total. The number of piperidine rings is 1. The maximum absolute atomic E-state index is 13.4. The minimum Gasteiger partial charge on any atom is -0.505 e. The summed E-state index contributed by atoms with van der Waals surface area (Å²) in [5.41, 5.74) is 10.7. The molecule has 2 aliphatic heterocycles. The minimum absolute atomic E-state index is 0.00637. The smallest absolute Gasteiger partial charge is 0.276 e. The standard InChI is InChI=1S/C31H29N7O4S/c1-43(41,42)28-26(20-14-21-10-11-22(15-20)37(21)31(40)27-25(39)8-5-13-33-27)36-30-23(17-35-38(30)29(28)32)19-9-12-24(34-16-19)18-6-3-2-4-7-18/h2-9,12-13,16-17,20-22,39H,10-11,14-15,32H2,1H3/t20?,21-,22+. The molecule has 0 spiro atoms. The summed E-state index contributed by atoms with van der Waals surface area (Å²) in [4.78, 5) is 28.9. The number of rotatable bonds is 5. The summed E-state index contributed by atoms with van der Waals surface area (Å²) >= 11 is 0. The monoisotopic (exact) mass is 595 g/mol. The lowest BCUT2D eigenvalue weighted by Crippen LogP contribution is -2.46. The first kappa shape index (κ1) is 27.0. The molecule has 12 heteroatoms. The largest absolute Gasteiger partial charge is 0.505 e. The van der Waals surface area contributed by atoms with Crippen LogP contribution in [-0.2, 0) is 9.84 Å². The molecule has 2 aliphatic rings. The molecule has 3 atom stereocenters.